The zero-order chi connectivity index (χ0) is 15.3. The normalized spacial score (nSPS) is 11.5. The molecule has 0 unspecified atom stereocenters. The largest absolute Gasteiger partial charge is 0.494 e. The number of carbonyl (C=O) groups is 3. The Hall–Kier alpha value is -2.64. The molecule has 1 atom stereocenters. The van der Waals surface area contributed by atoms with Crippen LogP contribution in [0, 0.1) is 5.82 Å². The Morgan fingerprint density at radius 3 is 2.55 bits per heavy atom. The first-order valence-electron chi connectivity index (χ1n) is 5.50. The topological polar surface area (TPSA) is 119 Å². The lowest BCUT2D eigenvalue weighted by Gasteiger charge is -2.13. The Kier molecular flexibility index (Phi) is 5.01. The average molecular weight is 284 g/mol. The highest BCUT2D eigenvalue weighted by atomic mass is 19.1. The van der Waals surface area contributed by atoms with Crippen LogP contribution in [0.25, 0.3) is 0 Å². The molecule has 1 aromatic rings. The fourth-order valence-electron chi connectivity index (χ4n) is 1.45. The average Bonchev–Trinajstić information content (AvgIpc) is 2.37. The molecule has 2 amide bonds. The van der Waals surface area contributed by atoms with E-state index in [1.54, 1.807) is 0 Å². The Bertz CT molecular complexity index is 547. The van der Waals surface area contributed by atoms with Crippen LogP contribution in [0.2, 0.25) is 0 Å². The highest BCUT2D eigenvalue weighted by molar-refractivity contribution is 5.97. The predicted molar refractivity (Wildman–Crippen MR) is 65.7 cm³/mol. The summed E-state index contributed by atoms with van der Waals surface area (Å²) in [5, 5.41) is 10.9. The molecule has 0 spiro atoms. The van der Waals surface area contributed by atoms with Crippen LogP contribution in [-0.4, -0.2) is 36.0 Å². The first-order valence-corrected chi connectivity index (χ1v) is 5.50. The Morgan fingerprint density at radius 1 is 1.45 bits per heavy atom. The van der Waals surface area contributed by atoms with Gasteiger partial charge in [-0.3, -0.25) is 9.59 Å². The van der Waals surface area contributed by atoms with Crippen LogP contribution in [0.4, 0.5) is 4.39 Å². The molecule has 108 valence electrons. The van der Waals surface area contributed by atoms with Gasteiger partial charge in [-0.2, -0.15) is 0 Å². The van der Waals surface area contributed by atoms with Gasteiger partial charge in [0.25, 0.3) is 5.91 Å². The van der Waals surface area contributed by atoms with Crippen LogP contribution in [0.5, 0.6) is 5.75 Å². The molecular weight excluding hydrogens is 271 g/mol. The summed E-state index contributed by atoms with van der Waals surface area (Å²) in [5.41, 5.74) is 4.78. The number of carbonyl (C=O) groups excluding carboxylic acids is 2. The van der Waals surface area contributed by atoms with Gasteiger partial charge in [-0.1, -0.05) is 0 Å². The molecule has 0 bridgehead atoms. The molecule has 1 rings (SSSR count). The standard InChI is InChI=1S/C12H13FN2O5/c1-20-9-3-2-6(4-7(9)13)11(17)15-8(12(18)19)5-10(14)16/h2-4,8H,5H2,1H3,(H2,14,16)(H,15,17)(H,18,19)/t8-/m1/s1. The van der Waals surface area contributed by atoms with Gasteiger partial charge in [-0.15, -0.1) is 0 Å². The summed E-state index contributed by atoms with van der Waals surface area (Å²) in [7, 11) is 1.27. The number of carboxylic acid groups (broad SMARTS) is 1. The number of methoxy groups -OCH3 is 1. The third-order valence-electron chi connectivity index (χ3n) is 2.42. The number of carboxylic acids is 1. The highest BCUT2D eigenvalue weighted by Crippen LogP contribution is 2.17. The summed E-state index contributed by atoms with van der Waals surface area (Å²) in [6.07, 6.45) is -0.556. The summed E-state index contributed by atoms with van der Waals surface area (Å²) < 4.78 is 18.1. The van der Waals surface area contributed by atoms with Crippen molar-refractivity contribution in [1.82, 2.24) is 5.32 Å². The lowest BCUT2D eigenvalue weighted by Crippen LogP contribution is -2.43. The minimum Gasteiger partial charge on any atom is -0.494 e. The number of ether oxygens (including phenoxy) is 1. The monoisotopic (exact) mass is 284 g/mol. The summed E-state index contributed by atoms with van der Waals surface area (Å²) >= 11 is 0. The molecule has 7 nitrogen and oxygen atoms in total. The number of nitrogens with one attached hydrogen (secondary N) is 1. The molecule has 1 aromatic carbocycles. The van der Waals surface area contributed by atoms with Gasteiger partial charge in [0.1, 0.15) is 6.04 Å². The zero-order valence-corrected chi connectivity index (χ0v) is 10.6. The van der Waals surface area contributed by atoms with E-state index < -0.39 is 36.1 Å². The second-order valence-corrected chi connectivity index (χ2v) is 3.88. The first kappa shape index (κ1) is 15.4. The summed E-state index contributed by atoms with van der Waals surface area (Å²) in [4.78, 5) is 33.3. The Balaban J connectivity index is 2.86. The number of aliphatic carboxylic acids is 1. The minimum absolute atomic E-state index is 0.0477. The maximum absolute atomic E-state index is 13.4. The van der Waals surface area contributed by atoms with Gasteiger partial charge in [-0.25, -0.2) is 9.18 Å². The van der Waals surface area contributed by atoms with E-state index in [9.17, 15) is 18.8 Å². The van der Waals surface area contributed by atoms with Crippen molar-refractivity contribution in [2.75, 3.05) is 7.11 Å². The van der Waals surface area contributed by atoms with Gasteiger partial charge >= 0.3 is 5.97 Å². The molecular formula is C12H13FN2O5. The van der Waals surface area contributed by atoms with Crippen LogP contribution >= 0.6 is 0 Å². The fraction of sp³-hybridized carbons (Fsp3) is 0.250. The van der Waals surface area contributed by atoms with Crippen molar-refractivity contribution in [3.63, 3.8) is 0 Å². The number of primary amides is 1. The van der Waals surface area contributed by atoms with Gasteiger partial charge in [0.05, 0.1) is 13.5 Å². The summed E-state index contributed by atoms with van der Waals surface area (Å²) in [6, 6.07) is 1.93. The van der Waals surface area contributed by atoms with Crippen LogP contribution in [-0.2, 0) is 9.59 Å². The van der Waals surface area contributed by atoms with Gasteiger partial charge in [0.15, 0.2) is 11.6 Å². The smallest absolute Gasteiger partial charge is 0.326 e. The molecule has 0 fully saturated rings. The van der Waals surface area contributed by atoms with Gasteiger partial charge < -0.3 is 20.9 Å². The number of rotatable bonds is 6. The van der Waals surface area contributed by atoms with Crippen molar-refractivity contribution in [2.24, 2.45) is 5.73 Å². The first-order chi connectivity index (χ1) is 9.35. The van der Waals surface area contributed by atoms with E-state index >= 15 is 0 Å². The molecule has 8 heteroatoms. The minimum atomic E-state index is -1.47. The number of amides is 2. The molecule has 4 N–H and O–H groups in total. The van der Waals surface area contributed by atoms with E-state index in [2.05, 4.69) is 10.1 Å². The van der Waals surface area contributed by atoms with E-state index in [0.29, 0.717) is 0 Å². The molecule has 0 radical (unpaired) electrons. The van der Waals surface area contributed by atoms with Crippen molar-refractivity contribution < 1.29 is 28.6 Å². The fourth-order valence-corrected chi connectivity index (χ4v) is 1.45. The number of nitrogens with two attached hydrogens (primary N) is 1. The van der Waals surface area contributed by atoms with Crippen molar-refractivity contribution in [2.45, 2.75) is 12.5 Å². The molecule has 0 heterocycles. The molecule has 0 aromatic heterocycles. The van der Waals surface area contributed by atoms with E-state index in [1.165, 1.54) is 19.2 Å². The lowest BCUT2D eigenvalue weighted by molar-refractivity contribution is -0.140. The van der Waals surface area contributed by atoms with Crippen LogP contribution in [0.15, 0.2) is 18.2 Å². The van der Waals surface area contributed by atoms with Crippen LogP contribution < -0.4 is 15.8 Å². The van der Waals surface area contributed by atoms with E-state index in [-0.39, 0.29) is 11.3 Å². The maximum atomic E-state index is 13.4. The van der Waals surface area contributed by atoms with Crippen LogP contribution in [0.1, 0.15) is 16.8 Å². The second-order valence-electron chi connectivity index (χ2n) is 3.88. The summed E-state index contributed by atoms with van der Waals surface area (Å²) in [6.45, 7) is 0. The number of hydrogen-bond acceptors (Lipinski definition) is 4. The lowest BCUT2D eigenvalue weighted by atomic mass is 10.1. The Labute approximate surface area is 113 Å². The van der Waals surface area contributed by atoms with E-state index in [1.807, 2.05) is 0 Å². The second kappa shape index (κ2) is 6.50. The van der Waals surface area contributed by atoms with E-state index in [4.69, 9.17) is 10.8 Å². The highest BCUT2D eigenvalue weighted by Gasteiger charge is 2.23. The maximum Gasteiger partial charge on any atom is 0.326 e. The molecule has 0 saturated heterocycles. The molecule has 20 heavy (non-hydrogen) atoms. The Morgan fingerprint density at radius 2 is 2.10 bits per heavy atom. The SMILES string of the molecule is COc1ccc(C(=O)N[C@H](CC(N)=O)C(=O)O)cc1F. The molecule has 0 aliphatic heterocycles. The van der Waals surface area contributed by atoms with E-state index in [0.717, 1.165) is 6.07 Å². The summed E-state index contributed by atoms with van der Waals surface area (Å²) in [5.74, 6) is -3.93. The molecule has 0 saturated carbocycles. The molecule has 0 aliphatic rings. The van der Waals surface area contributed by atoms with Gasteiger partial charge in [0, 0.05) is 5.56 Å². The third-order valence-corrected chi connectivity index (χ3v) is 2.42. The van der Waals surface area contributed by atoms with Crippen molar-refractivity contribution in [3.05, 3.63) is 29.6 Å². The number of benzene rings is 1. The third kappa shape index (κ3) is 3.94. The van der Waals surface area contributed by atoms with Crippen LogP contribution in [0.3, 0.4) is 0 Å². The van der Waals surface area contributed by atoms with Crippen molar-refractivity contribution in [1.29, 1.82) is 0 Å². The van der Waals surface area contributed by atoms with Crippen molar-refractivity contribution >= 4 is 17.8 Å². The number of hydrogen-bond donors (Lipinski definition) is 3. The van der Waals surface area contributed by atoms with Crippen molar-refractivity contribution in [3.8, 4) is 5.75 Å². The zero-order valence-electron chi connectivity index (χ0n) is 10.6. The van der Waals surface area contributed by atoms with Gasteiger partial charge in [-0.05, 0) is 18.2 Å². The molecule has 0 aliphatic carbocycles. The van der Waals surface area contributed by atoms with Gasteiger partial charge in [0.2, 0.25) is 5.91 Å². The quantitative estimate of drug-likeness (QED) is 0.673. The predicted octanol–water partition coefficient (Wildman–Crippen LogP) is -0.107. The number of halogens is 1.